The second kappa shape index (κ2) is 8.51. The van der Waals surface area contributed by atoms with Crippen molar-refractivity contribution in [2.24, 2.45) is 0 Å². The average molecular weight is 398 g/mol. The Morgan fingerprint density at radius 2 is 1.96 bits per heavy atom. The number of benzene rings is 1. The lowest BCUT2D eigenvalue weighted by Gasteiger charge is -2.21. The molecule has 2 aromatic heterocycles. The summed E-state index contributed by atoms with van der Waals surface area (Å²) in [7, 11) is 0. The van der Waals surface area contributed by atoms with E-state index in [-0.39, 0.29) is 5.95 Å². The van der Waals surface area contributed by atoms with Crippen molar-refractivity contribution >= 4 is 29.3 Å². The number of hydrogen-bond acceptors (Lipinski definition) is 9. The molecule has 1 aliphatic rings. The smallest absolute Gasteiger partial charge is 0.232 e. The van der Waals surface area contributed by atoms with Crippen molar-refractivity contribution in [1.29, 1.82) is 0 Å². The Labute approximate surface area is 167 Å². The molecule has 0 saturated heterocycles. The maximum absolute atomic E-state index is 5.89. The molecule has 2 heterocycles. The fourth-order valence-corrected chi connectivity index (χ4v) is 4.16. The van der Waals surface area contributed by atoms with Gasteiger partial charge in [-0.15, -0.1) is 5.10 Å². The fourth-order valence-electron chi connectivity index (χ4n) is 3.36. The Kier molecular flexibility index (Phi) is 5.65. The van der Waals surface area contributed by atoms with Crippen LogP contribution in [-0.2, 0) is 5.75 Å². The Morgan fingerprint density at radius 3 is 2.79 bits per heavy atom. The molecule has 0 unspecified atom stereocenters. The van der Waals surface area contributed by atoms with Crippen LogP contribution in [0.3, 0.4) is 0 Å². The Morgan fingerprint density at radius 1 is 1.14 bits per heavy atom. The summed E-state index contributed by atoms with van der Waals surface area (Å²) in [5.74, 6) is 1.73. The number of rotatable bonds is 6. The molecule has 0 aliphatic heterocycles. The van der Waals surface area contributed by atoms with E-state index >= 15 is 0 Å². The molecule has 1 saturated carbocycles. The molecule has 3 N–H and O–H groups in total. The van der Waals surface area contributed by atoms with Gasteiger partial charge in [0.2, 0.25) is 17.1 Å². The Balaban J connectivity index is 1.46. The number of anilines is 3. The molecule has 0 amide bonds. The van der Waals surface area contributed by atoms with Gasteiger partial charge >= 0.3 is 0 Å². The first-order valence-corrected chi connectivity index (χ1v) is 10.4. The maximum atomic E-state index is 5.89. The van der Waals surface area contributed by atoms with Crippen molar-refractivity contribution in [3.05, 3.63) is 35.7 Å². The van der Waals surface area contributed by atoms with Crippen LogP contribution in [0.2, 0.25) is 0 Å². The van der Waals surface area contributed by atoms with Crippen LogP contribution in [0.25, 0.3) is 0 Å². The summed E-state index contributed by atoms with van der Waals surface area (Å²) in [6, 6.07) is 8.33. The summed E-state index contributed by atoms with van der Waals surface area (Å²) in [4.78, 5) is 13.0. The number of aromatic nitrogens is 7. The third kappa shape index (κ3) is 4.38. The van der Waals surface area contributed by atoms with Gasteiger partial charge in [0.05, 0.1) is 11.8 Å². The fraction of sp³-hybridized carbons (Fsp3) is 0.444. The SMILES string of the molecule is Cc1ccccc1Nc1nc(N)nc(CSc2nnnn2C2CCCCC2)n1. The molecule has 1 aliphatic carbocycles. The zero-order chi connectivity index (χ0) is 19.3. The van der Waals surface area contributed by atoms with Gasteiger partial charge < -0.3 is 11.1 Å². The number of nitrogen functional groups attached to an aromatic ring is 1. The van der Waals surface area contributed by atoms with Gasteiger partial charge in [-0.25, -0.2) is 4.68 Å². The number of para-hydroxylation sites is 1. The standard InChI is InChI=1S/C18H23N9S/c1-12-7-5-6-10-14(12)20-17-22-15(21-16(19)23-17)11-28-18-24-25-26-27(18)13-8-3-2-4-9-13/h5-7,10,13H,2-4,8-9,11H2,1H3,(H3,19,20,21,22,23). The number of hydrogen-bond donors (Lipinski definition) is 2. The van der Waals surface area contributed by atoms with E-state index in [4.69, 9.17) is 5.73 Å². The average Bonchev–Trinajstić information content (AvgIpc) is 3.17. The van der Waals surface area contributed by atoms with Crippen LogP contribution in [-0.4, -0.2) is 35.2 Å². The highest BCUT2D eigenvalue weighted by Gasteiger charge is 2.20. The predicted molar refractivity (Wildman–Crippen MR) is 108 cm³/mol. The van der Waals surface area contributed by atoms with Gasteiger partial charge in [-0.1, -0.05) is 49.2 Å². The molecule has 4 rings (SSSR count). The van der Waals surface area contributed by atoms with Gasteiger partial charge in [-0.2, -0.15) is 15.0 Å². The van der Waals surface area contributed by atoms with Crippen LogP contribution in [0.1, 0.15) is 49.5 Å². The summed E-state index contributed by atoms with van der Waals surface area (Å²) in [5.41, 5.74) is 7.93. The number of thioether (sulfide) groups is 1. The molecule has 0 radical (unpaired) electrons. The molecule has 28 heavy (non-hydrogen) atoms. The van der Waals surface area contributed by atoms with Crippen molar-refractivity contribution in [2.45, 2.75) is 56.0 Å². The zero-order valence-corrected chi connectivity index (χ0v) is 16.6. The maximum Gasteiger partial charge on any atom is 0.232 e. The molecular weight excluding hydrogens is 374 g/mol. The molecule has 10 heteroatoms. The summed E-state index contributed by atoms with van der Waals surface area (Å²) < 4.78 is 1.95. The van der Waals surface area contributed by atoms with Gasteiger partial charge in [-0.05, 0) is 41.8 Å². The molecule has 0 atom stereocenters. The first-order chi connectivity index (χ1) is 13.7. The molecule has 0 bridgehead atoms. The van der Waals surface area contributed by atoms with Gasteiger partial charge in [0, 0.05) is 5.69 Å². The van der Waals surface area contributed by atoms with Gasteiger partial charge in [0.25, 0.3) is 0 Å². The Bertz CT molecular complexity index is 936. The van der Waals surface area contributed by atoms with Crippen molar-refractivity contribution < 1.29 is 0 Å². The highest BCUT2D eigenvalue weighted by atomic mass is 32.2. The van der Waals surface area contributed by atoms with Crippen molar-refractivity contribution in [1.82, 2.24) is 35.2 Å². The van der Waals surface area contributed by atoms with E-state index in [0.29, 0.717) is 23.6 Å². The van der Waals surface area contributed by atoms with Crippen LogP contribution >= 0.6 is 11.8 Å². The number of nitrogens with zero attached hydrogens (tertiary/aromatic N) is 7. The molecule has 1 aromatic carbocycles. The highest BCUT2D eigenvalue weighted by Crippen LogP contribution is 2.31. The van der Waals surface area contributed by atoms with Gasteiger partial charge in [0.1, 0.15) is 5.82 Å². The lowest BCUT2D eigenvalue weighted by molar-refractivity contribution is 0.307. The molecular formula is C18H23N9S. The number of tetrazole rings is 1. The summed E-state index contributed by atoms with van der Waals surface area (Å²) in [6.45, 7) is 2.02. The van der Waals surface area contributed by atoms with Crippen molar-refractivity contribution in [3.63, 3.8) is 0 Å². The third-order valence-electron chi connectivity index (χ3n) is 4.80. The first-order valence-electron chi connectivity index (χ1n) is 9.43. The largest absolute Gasteiger partial charge is 0.368 e. The second-order valence-corrected chi connectivity index (χ2v) is 7.80. The molecule has 0 spiro atoms. The van der Waals surface area contributed by atoms with Crippen LogP contribution in [0.5, 0.6) is 0 Å². The molecule has 3 aromatic rings. The van der Waals surface area contributed by atoms with E-state index in [9.17, 15) is 0 Å². The molecule has 1 fully saturated rings. The van der Waals surface area contributed by atoms with Crippen LogP contribution in [0.4, 0.5) is 17.6 Å². The Hall–Kier alpha value is -2.75. The predicted octanol–water partition coefficient (Wildman–Crippen LogP) is 3.29. The third-order valence-corrected chi connectivity index (χ3v) is 5.73. The van der Waals surface area contributed by atoms with Crippen LogP contribution in [0.15, 0.2) is 29.4 Å². The minimum atomic E-state index is 0.188. The first kappa shape index (κ1) is 18.6. The minimum absolute atomic E-state index is 0.188. The van der Waals surface area contributed by atoms with Gasteiger partial charge in [0.15, 0.2) is 0 Å². The summed E-state index contributed by atoms with van der Waals surface area (Å²) in [6.07, 6.45) is 6.00. The lowest BCUT2D eigenvalue weighted by atomic mass is 9.96. The van der Waals surface area contributed by atoms with E-state index in [1.54, 1.807) is 0 Å². The van der Waals surface area contributed by atoms with E-state index in [1.165, 1.54) is 31.0 Å². The van der Waals surface area contributed by atoms with E-state index < -0.39 is 0 Å². The normalized spacial score (nSPS) is 14.9. The lowest BCUT2D eigenvalue weighted by Crippen LogP contribution is -2.15. The van der Waals surface area contributed by atoms with E-state index in [2.05, 4.69) is 35.8 Å². The number of nitrogens with two attached hydrogens (primary N) is 1. The van der Waals surface area contributed by atoms with E-state index in [1.807, 2.05) is 35.9 Å². The zero-order valence-electron chi connectivity index (χ0n) is 15.7. The summed E-state index contributed by atoms with van der Waals surface area (Å²) >= 11 is 1.52. The molecule has 9 nitrogen and oxygen atoms in total. The number of nitrogens with one attached hydrogen (secondary N) is 1. The quantitative estimate of drug-likeness (QED) is 0.603. The minimum Gasteiger partial charge on any atom is -0.368 e. The topological polar surface area (TPSA) is 120 Å². The van der Waals surface area contributed by atoms with Crippen LogP contribution in [0, 0.1) is 6.92 Å². The summed E-state index contributed by atoms with van der Waals surface area (Å²) in [5, 5.41) is 16.2. The highest BCUT2D eigenvalue weighted by molar-refractivity contribution is 7.98. The monoisotopic (exact) mass is 397 g/mol. The second-order valence-electron chi connectivity index (χ2n) is 6.86. The number of aryl methyl sites for hydroxylation is 1. The molecule has 146 valence electrons. The van der Waals surface area contributed by atoms with Gasteiger partial charge in [-0.3, -0.25) is 0 Å². The van der Waals surface area contributed by atoms with E-state index in [0.717, 1.165) is 29.2 Å². The van der Waals surface area contributed by atoms with Crippen molar-refractivity contribution in [2.75, 3.05) is 11.1 Å². The van der Waals surface area contributed by atoms with Crippen molar-refractivity contribution in [3.8, 4) is 0 Å². The van der Waals surface area contributed by atoms with Crippen LogP contribution < -0.4 is 11.1 Å².